The van der Waals surface area contributed by atoms with Crippen LogP contribution in [-0.2, 0) is 6.54 Å². The van der Waals surface area contributed by atoms with Gasteiger partial charge in [-0.3, -0.25) is 4.79 Å². The van der Waals surface area contributed by atoms with E-state index in [2.05, 4.69) is 10.3 Å². The number of carbonyl (C=O) groups is 1. The van der Waals surface area contributed by atoms with Crippen molar-refractivity contribution in [3.8, 4) is 0 Å². The number of benzene rings is 1. The number of amides is 1. The van der Waals surface area contributed by atoms with Crippen molar-refractivity contribution in [3.05, 3.63) is 53.9 Å². The van der Waals surface area contributed by atoms with Crippen LogP contribution in [0.5, 0.6) is 0 Å². The molecule has 1 aromatic heterocycles. The van der Waals surface area contributed by atoms with Crippen molar-refractivity contribution in [3.63, 3.8) is 0 Å². The summed E-state index contributed by atoms with van der Waals surface area (Å²) in [5, 5.41) is 3.24. The Morgan fingerprint density at radius 3 is 2.56 bits per heavy atom. The molecule has 2 rings (SSSR count). The average Bonchev–Trinajstić information content (AvgIpc) is 2.80. The van der Waals surface area contributed by atoms with E-state index < -0.39 is 5.91 Å². The molecule has 0 aliphatic carbocycles. The van der Waals surface area contributed by atoms with Crippen LogP contribution >= 0.6 is 0 Å². The highest BCUT2D eigenvalue weighted by Crippen LogP contribution is 2.10. The second kappa shape index (κ2) is 4.53. The molecule has 0 spiro atoms. The Labute approximate surface area is 93.5 Å². The molecule has 0 aliphatic heterocycles. The maximum atomic E-state index is 10.9. The van der Waals surface area contributed by atoms with E-state index in [0.29, 0.717) is 5.56 Å². The lowest BCUT2D eigenvalue weighted by Crippen LogP contribution is -2.10. The molecule has 0 saturated carbocycles. The first-order valence-electron chi connectivity index (χ1n) is 5.01. The molecule has 2 aromatic rings. The molecule has 16 heavy (non-hydrogen) atoms. The normalized spacial score (nSPS) is 10.0. The smallest absolute Gasteiger partial charge is 0.248 e. The molecule has 0 unspecified atom stereocenters. The van der Waals surface area contributed by atoms with Crippen LogP contribution in [0.15, 0.2) is 42.7 Å². The number of nitrogens with one attached hydrogen (secondary N) is 2. The molecule has 0 atom stereocenters. The van der Waals surface area contributed by atoms with E-state index in [1.54, 1.807) is 12.1 Å². The van der Waals surface area contributed by atoms with Gasteiger partial charge in [-0.2, -0.15) is 0 Å². The van der Waals surface area contributed by atoms with Gasteiger partial charge in [-0.1, -0.05) is 0 Å². The number of rotatable bonds is 4. The van der Waals surface area contributed by atoms with Crippen molar-refractivity contribution in [2.24, 2.45) is 5.73 Å². The van der Waals surface area contributed by atoms with Crippen LogP contribution in [0.4, 0.5) is 5.69 Å². The van der Waals surface area contributed by atoms with Crippen molar-refractivity contribution in [1.29, 1.82) is 0 Å². The van der Waals surface area contributed by atoms with Gasteiger partial charge in [0, 0.05) is 30.2 Å². The molecule has 0 bridgehead atoms. The molecule has 0 fully saturated rings. The molecule has 1 amide bonds. The SMILES string of the molecule is NC(=O)c1ccc(NCc2cc[nH]c2)cc1. The summed E-state index contributed by atoms with van der Waals surface area (Å²) in [6, 6.07) is 9.11. The van der Waals surface area contributed by atoms with E-state index in [-0.39, 0.29) is 0 Å². The van der Waals surface area contributed by atoms with Crippen molar-refractivity contribution in [2.45, 2.75) is 6.54 Å². The van der Waals surface area contributed by atoms with Crippen LogP contribution < -0.4 is 11.1 Å². The van der Waals surface area contributed by atoms with Crippen molar-refractivity contribution in [2.75, 3.05) is 5.32 Å². The third-order valence-electron chi connectivity index (χ3n) is 2.33. The third-order valence-corrected chi connectivity index (χ3v) is 2.33. The van der Waals surface area contributed by atoms with Crippen LogP contribution in [0.1, 0.15) is 15.9 Å². The van der Waals surface area contributed by atoms with Gasteiger partial charge in [0.15, 0.2) is 0 Å². The molecule has 0 saturated heterocycles. The predicted octanol–water partition coefficient (Wildman–Crippen LogP) is 1.73. The van der Waals surface area contributed by atoms with E-state index in [0.717, 1.165) is 12.2 Å². The van der Waals surface area contributed by atoms with Gasteiger partial charge in [0.25, 0.3) is 0 Å². The number of anilines is 1. The standard InChI is InChI=1S/C12H13N3O/c13-12(16)10-1-3-11(4-2-10)15-8-9-5-6-14-7-9/h1-7,14-15H,8H2,(H2,13,16). The summed E-state index contributed by atoms with van der Waals surface area (Å²) >= 11 is 0. The Morgan fingerprint density at radius 2 is 2.00 bits per heavy atom. The number of hydrogen-bond donors (Lipinski definition) is 3. The summed E-state index contributed by atoms with van der Waals surface area (Å²) in [5.41, 5.74) is 7.82. The van der Waals surface area contributed by atoms with Crippen molar-refractivity contribution < 1.29 is 4.79 Å². The van der Waals surface area contributed by atoms with Crippen LogP contribution in [-0.4, -0.2) is 10.9 Å². The second-order valence-corrected chi connectivity index (χ2v) is 3.51. The van der Waals surface area contributed by atoms with Gasteiger partial charge in [0.1, 0.15) is 0 Å². The number of primary amides is 1. The first kappa shape index (κ1) is 10.3. The number of aromatic amines is 1. The minimum absolute atomic E-state index is 0.405. The summed E-state index contributed by atoms with van der Waals surface area (Å²) < 4.78 is 0. The predicted molar refractivity (Wildman–Crippen MR) is 63.1 cm³/mol. The summed E-state index contributed by atoms with van der Waals surface area (Å²) in [5.74, 6) is -0.405. The Hall–Kier alpha value is -2.23. The quantitative estimate of drug-likeness (QED) is 0.726. The summed E-state index contributed by atoms with van der Waals surface area (Å²) in [6.45, 7) is 0.749. The Kier molecular flexibility index (Phi) is 2.91. The number of carbonyl (C=O) groups excluding carboxylic acids is 1. The first-order valence-corrected chi connectivity index (χ1v) is 5.01. The minimum Gasteiger partial charge on any atom is -0.381 e. The van der Waals surface area contributed by atoms with E-state index in [1.807, 2.05) is 30.6 Å². The Balaban J connectivity index is 1.98. The molecular weight excluding hydrogens is 202 g/mol. The zero-order valence-electron chi connectivity index (χ0n) is 8.73. The largest absolute Gasteiger partial charge is 0.381 e. The number of hydrogen-bond acceptors (Lipinski definition) is 2. The van der Waals surface area contributed by atoms with Gasteiger partial charge < -0.3 is 16.0 Å². The molecule has 0 aliphatic rings. The molecule has 4 heteroatoms. The van der Waals surface area contributed by atoms with Crippen molar-refractivity contribution in [1.82, 2.24) is 4.98 Å². The molecule has 1 aromatic carbocycles. The van der Waals surface area contributed by atoms with Gasteiger partial charge in [-0.05, 0) is 35.9 Å². The van der Waals surface area contributed by atoms with Crippen LogP contribution in [0.25, 0.3) is 0 Å². The molecule has 4 nitrogen and oxygen atoms in total. The number of aromatic nitrogens is 1. The Bertz CT molecular complexity index is 460. The van der Waals surface area contributed by atoms with Gasteiger partial charge in [0.05, 0.1) is 0 Å². The maximum Gasteiger partial charge on any atom is 0.248 e. The van der Waals surface area contributed by atoms with E-state index >= 15 is 0 Å². The average molecular weight is 215 g/mol. The monoisotopic (exact) mass is 215 g/mol. The van der Waals surface area contributed by atoms with Crippen molar-refractivity contribution >= 4 is 11.6 Å². The molecule has 4 N–H and O–H groups in total. The fourth-order valence-electron chi connectivity index (χ4n) is 1.42. The molecule has 82 valence electrons. The van der Waals surface area contributed by atoms with Crippen LogP contribution in [0.2, 0.25) is 0 Å². The lowest BCUT2D eigenvalue weighted by atomic mass is 10.2. The zero-order chi connectivity index (χ0) is 11.4. The fourth-order valence-corrected chi connectivity index (χ4v) is 1.42. The van der Waals surface area contributed by atoms with E-state index in [1.165, 1.54) is 5.56 Å². The molecule has 1 heterocycles. The number of nitrogens with two attached hydrogens (primary N) is 1. The van der Waals surface area contributed by atoms with Crippen LogP contribution in [0, 0.1) is 0 Å². The van der Waals surface area contributed by atoms with Gasteiger partial charge in [-0.15, -0.1) is 0 Å². The van der Waals surface area contributed by atoms with Gasteiger partial charge >= 0.3 is 0 Å². The molecular formula is C12H13N3O. The summed E-state index contributed by atoms with van der Waals surface area (Å²) in [7, 11) is 0. The van der Waals surface area contributed by atoms with E-state index in [9.17, 15) is 4.79 Å². The fraction of sp³-hybridized carbons (Fsp3) is 0.0833. The first-order chi connectivity index (χ1) is 7.75. The minimum atomic E-state index is -0.405. The van der Waals surface area contributed by atoms with Gasteiger partial charge in [0.2, 0.25) is 5.91 Å². The summed E-state index contributed by atoms with van der Waals surface area (Å²) in [6.07, 6.45) is 3.82. The number of H-pyrrole nitrogens is 1. The highest BCUT2D eigenvalue weighted by atomic mass is 16.1. The highest BCUT2D eigenvalue weighted by Gasteiger charge is 1.99. The zero-order valence-corrected chi connectivity index (χ0v) is 8.73. The van der Waals surface area contributed by atoms with Gasteiger partial charge in [-0.25, -0.2) is 0 Å². The summed E-state index contributed by atoms with van der Waals surface area (Å²) in [4.78, 5) is 13.8. The second-order valence-electron chi connectivity index (χ2n) is 3.51. The third kappa shape index (κ3) is 2.42. The van der Waals surface area contributed by atoms with Crippen LogP contribution in [0.3, 0.4) is 0 Å². The maximum absolute atomic E-state index is 10.9. The molecule has 0 radical (unpaired) electrons. The van der Waals surface area contributed by atoms with E-state index in [4.69, 9.17) is 5.73 Å². The lowest BCUT2D eigenvalue weighted by molar-refractivity contribution is 0.100. The lowest BCUT2D eigenvalue weighted by Gasteiger charge is -2.05. The topological polar surface area (TPSA) is 70.9 Å². The Morgan fingerprint density at radius 1 is 1.25 bits per heavy atom. The highest BCUT2D eigenvalue weighted by molar-refractivity contribution is 5.93.